The van der Waals surface area contributed by atoms with Crippen molar-refractivity contribution in [3.8, 4) is 0 Å². The van der Waals surface area contributed by atoms with Crippen LogP contribution in [0.25, 0.3) is 0 Å². The van der Waals surface area contributed by atoms with Gasteiger partial charge in [-0.3, -0.25) is 9.59 Å². The Morgan fingerprint density at radius 3 is 1.80 bits per heavy atom. The van der Waals surface area contributed by atoms with Gasteiger partial charge in [0, 0.05) is 13.2 Å². The molecular weight excluding hydrogens is 260 g/mol. The van der Waals surface area contributed by atoms with Crippen molar-refractivity contribution in [2.24, 2.45) is 11.3 Å². The number of carbonyl (C=O) groups excluding carboxylic acids is 2. The summed E-state index contributed by atoms with van der Waals surface area (Å²) in [6.45, 7) is 10.6. The topological polar surface area (TPSA) is 61.8 Å². The Morgan fingerprint density at radius 1 is 0.950 bits per heavy atom. The molecule has 0 spiro atoms. The summed E-state index contributed by atoms with van der Waals surface area (Å²) in [5, 5.41) is 0. The van der Waals surface area contributed by atoms with Gasteiger partial charge in [0.25, 0.3) is 0 Å². The Morgan fingerprint density at radius 2 is 1.45 bits per heavy atom. The molecule has 0 saturated carbocycles. The first-order valence-electron chi connectivity index (χ1n) is 7.36. The highest BCUT2D eigenvalue weighted by Crippen LogP contribution is 2.34. The normalized spacial score (nSPS) is 11.5. The fourth-order valence-corrected chi connectivity index (χ4v) is 2.18. The molecule has 0 aliphatic rings. The van der Waals surface area contributed by atoms with Crippen molar-refractivity contribution >= 4 is 11.9 Å². The number of hydrogen-bond acceptors (Lipinski definition) is 5. The van der Waals surface area contributed by atoms with Gasteiger partial charge < -0.3 is 14.2 Å². The van der Waals surface area contributed by atoms with Gasteiger partial charge in [-0.15, -0.1) is 0 Å². The molecule has 0 unspecified atom stereocenters. The molecule has 0 saturated heterocycles. The molecule has 5 nitrogen and oxygen atoms in total. The van der Waals surface area contributed by atoms with E-state index in [4.69, 9.17) is 14.2 Å². The molecule has 0 aliphatic heterocycles. The van der Waals surface area contributed by atoms with Crippen LogP contribution in [-0.2, 0) is 23.8 Å². The fraction of sp³-hybridized carbons (Fsp3) is 0.867. The first-order chi connectivity index (χ1) is 9.44. The number of ether oxygens (including phenoxy) is 3. The van der Waals surface area contributed by atoms with Gasteiger partial charge in [-0.1, -0.05) is 13.8 Å². The zero-order chi connectivity index (χ0) is 15.6. The van der Waals surface area contributed by atoms with Crippen molar-refractivity contribution in [2.45, 2.75) is 47.5 Å². The molecule has 0 radical (unpaired) electrons. The van der Waals surface area contributed by atoms with E-state index in [1.54, 1.807) is 13.8 Å². The molecule has 0 heterocycles. The van der Waals surface area contributed by atoms with Crippen LogP contribution in [0.2, 0.25) is 0 Å². The molecule has 118 valence electrons. The van der Waals surface area contributed by atoms with Gasteiger partial charge in [0.15, 0.2) is 5.41 Å². The molecule has 5 heteroatoms. The van der Waals surface area contributed by atoms with Crippen LogP contribution in [-0.4, -0.2) is 38.4 Å². The molecule has 0 N–H and O–H groups in total. The lowest BCUT2D eigenvalue weighted by Crippen LogP contribution is -2.44. The van der Waals surface area contributed by atoms with E-state index in [0.717, 1.165) is 0 Å². The first kappa shape index (κ1) is 18.9. The average molecular weight is 288 g/mol. The number of hydrogen-bond donors (Lipinski definition) is 0. The second-order valence-electron chi connectivity index (χ2n) is 5.07. The fourth-order valence-electron chi connectivity index (χ4n) is 2.18. The summed E-state index contributed by atoms with van der Waals surface area (Å²) in [5.74, 6) is -0.843. The second kappa shape index (κ2) is 9.75. The van der Waals surface area contributed by atoms with Crippen molar-refractivity contribution in [3.05, 3.63) is 0 Å². The Hall–Kier alpha value is -1.10. The summed E-state index contributed by atoms with van der Waals surface area (Å²) in [6.07, 6.45) is 0.689. The summed E-state index contributed by atoms with van der Waals surface area (Å²) >= 11 is 0. The molecule has 0 aromatic carbocycles. The van der Waals surface area contributed by atoms with Crippen LogP contribution in [0.1, 0.15) is 47.5 Å². The molecule has 0 fully saturated rings. The molecular formula is C15H28O5. The van der Waals surface area contributed by atoms with E-state index in [9.17, 15) is 9.59 Å². The lowest BCUT2D eigenvalue weighted by Gasteiger charge is -2.30. The van der Waals surface area contributed by atoms with E-state index in [-0.39, 0.29) is 25.6 Å². The smallest absolute Gasteiger partial charge is 0.323 e. The third kappa shape index (κ3) is 5.49. The molecule has 20 heavy (non-hydrogen) atoms. The van der Waals surface area contributed by atoms with E-state index in [0.29, 0.717) is 19.6 Å². The van der Waals surface area contributed by atoms with Crippen LogP contribution in [0.3, 0.4) is 0 Å². The summed E-state index contributed by atoms with van der Waals surface area (Å²) in [7, 11) is 0. The summed E-state index contributed by atoms with van der Waals surface area (Å²) < 4.78 is 15.5. The van der Waals surface area contributed by atoms with Crippen molar-refractivity contribution in [2.75, 3.05) is 26.4 Å². The Labute approximate surface area is 122 Å². The maximum absolute atomic E-state index is 12.3. The van der Waals surface area contributed by atoms with Gasteiger partial charge in [0.05, 0.1) is 13.2 Å². The Bertz CT molecular complexity index is 281. The van der Waals surface area contributed by atoms with Crippen LogP contribution in [0.4, 0.5) is 0 Å². The van der Waals surface area contributed by atoms with E-state index in [2.05, 4.69) is 0 Å². The maximum atomic E-state index is 12.3. The minimum Gasteiger partial charge on any atom is -0.465 e. The van der Waals surface area contributed by atoms with Crippen LogP contribution in [0.15, 0.2) is 0 Å². The largest absolute Gasteiger partial charge is 0.465 e. The third-order valence-corrected chi connectivity index (χ3v) is 2.97. The van der Waals surface area contributed by atoms with E-state index < -0.39 is 17.4 Å². The minimum absolute atomic E-state index is 0.172. The van der Waals surface area contributed by atoms with Crippen molar-refractivity contribution in [1.29, 1.82) is 0 Å². The highest BCUT2D eigenvalue weighted by Gasteiger charge is 2.48. The standard InChI is InChI=1S/C15H28O5/c1-6-18-10-9-15(11-12(4)5,13(16)19-7-2)14(17)20-8-3/h12H,6-11H2,1-5H3. The lowest BCUT2D eigenvalue weighted by atomic mass is 9.77. The quantitative estimate of drug-likeness (QED) is 0.351. The minimum atomic E-state index is -1.25. The molecule has 0 aliphatic carbocycles. The maximum Gasteiger partial charge on any atom is 0.323 e. The molecule has 0 rings (SSSR count). The SMILES string of the molecule is CCOCCC(CC(C)C)(C(=O)OCC)C(=O)OCC. The van der Waals surface area contributed by atoms with Gasteiger partial charge in [-0.25, -0.2) is 0 Å². The number of carbonyl (C=O) groups is 2. The van der Waals surface area contributed by atoms with Gasteiger partial charge in [-0.2, -0.15) is 0 Å². The molecule has 0 aromatic rings. The van der Waals surface area contributed by atoms with Crippen LogP contribution < -0.4 is 0 Å². The van der Waals surface area contributed by atoms with Gasteiger partial charge in [-0.05, 0) is 39.5 Å². The zero-order valence-electron chi connectivity index (χ0n) is 13.4. The Balaban J connectivity index is 5.26. The van der Waals surface area contributed by atoms with Crippen LogP contribution in [0, 0.1) is 11.3 Å². The zero-order valence-corrected chi connectivity index (χ0v) is 13.4. The van der Waals surface area contributed by atoms with Gasteiger partial charge >= 0.3 is 11.9 Å². The van der Waals surface area contributed by atoms with E-state index >= 15 is 0 Å². The predicted octanol–water partition coefficient (Wildman–Crippen LogP) is 2.57. The predicted molar refractivity (Wildman–Crippen MR) is 76.3 cm³/mol. The highest BCUT2D eigenvalue weighted by molar-refractivity contribution is 6.00. The molecule has 0 bridgehead atoms. The van der Waals surface area contributed by atoms with Gasteiger partial charge in [0.2, 0.25) is 0 Å². The van der Waals surface area contributed by atoms with E-state index in [1.165, 1.54) is 0 Å². The summed E-state index contributed by atoms with van der Waals surface area (Å²) in [5.41, 5.74) is -1.25. The summed E-state index contributed by atoms with van der Waals surface area (Å²) in [6, 6.07) is 0. The summed E-state index contributed by atoms with van der Waals surface area (Å²) in [4.78, 5) is 24.7. The number of esters is 2. The van der Waals surface area contributed by atoms with E-state index in [1.807, 2.05) is 20.8 Å². The average Bonchev–Trinajstić information content (AvgIpc) is 2.37. The first-order valence-corrected chi connectivity index (χ1v) is 7.36. The van der Waals surface area contributed by atoms with Crippen molar-refractivity contribution in [1.82, 2.24) is 0 Å². The van der Waals surface area contributed by atoms with Gasteiger partial charge in [0.1, 0.15) is 0 Å². The van der Waals surface area contributed by atoms with Crippen LogP contribution >= 0.6 is 0 Å². The van der Waals surface area contributed by atoms with Crippen molar-refractivity contribution < 1.29 is 23.8 Å². The molecule has 0 amide bonds. The second-order valence-corrected chi connectivity index (χ2v) is 5.07. The molecule has 0 atom stereocenters. The van der Waals surface area contributed by atoms with Crippen molar-refractivity contribution in [3.63, 3.8) is 0 Å². The number of rotatable bonds is 10. The monoisotopic (exact) mass is 288 g/mol. The lowest BCUT2D eigenvalue weighted by molar-refractivity contribution is -0.175. The molecule has 0 aromatic heterocycles. The highest BCUT2D eigenvalue weighted by atomic mass is 16.6. The van der Waals surface area contributed by atoms with Crippen LogP contribution in [0.5, 0.6) is 0 Å². The third-order valence-electron chi connectivity index (χ3n) is 2.97. The Kier molecular flexibility index (Phi) is 9.21.